The van der Waals surface area contributed by atoms with Crippen molar-refractivity contribution in [3.63, 3.8) is 0 Å². The minimum absolute atomic E-state index is 0.0772. The fourth-order valence-corrected chi connectivity index (χ4v) is 1.99. The number of nitrogens with zero attached hydrogens (tertiary/aromatic N) is 3. The lowest BCUT2D eigenvalue weighted by molar-refractivity contribution is 0.460. The van der Waals surface area contributed by atoms with Crippen LogP contribution in [-0.4, -0.2) is 14.3 Å². The molecule has 1 unspecified atom stereocenters. The van der Waals surface area contributed by atoms with E-state index in [1.807, 2.05) is 26.0 Å². The van der Waals surface area contributed by atoms with Gasteiger partial charge in [0.15, 0.2) is 0 Å². The Hall–Kier alpha value is -1.84. The Labute approximate surface area is 113 Å². The highest BCUT2D eigenvalue weighted by atomic mass is 16.2. The SMILES string of the molecule is CCC(C)n1ncn(-c2ccc(C(C)C)cc2)c1=O. The summed E-state index contributed by atoms with van der Waals surface area (Å²) in [5.74, 6) is 0.494. The molecule has 0 aliphatic heterocycles. The molecule has 102 valence electrons. The summed E-state index contributed by atoms with van der Waals surface area (Å²) in [6.07, 6.45) is 2.49. The predicted molar refractivity (Wildman–Crippen MR) is 76.9 cm³/mol. The molecule has 19 heavy (non-hydrogen) atoms. The van der Waals surface area contributed by atoms with Gasteiger partial charge < -0.3 is 0 Å². The van der Waals surface area contributed by atoms with Crippen LogP contribution < -0.4 is 5.69 Å². The molecule has 0 aliphatic rings. The third kappa shape index (κ3) is 2.62. The summed E-state index contributed by atoms with van der Waals surface area (Å²) >= 11 is 0. The minimum atomic E-state index is -0.0772. The van der Waals surface area contributed by atoms with E-state index in [0.717, 1.165) is 12.1 Å². The Morgan fingerprint density at radius 3 is 2.32 bits per heavy atom. The van der Waals surface area contributed by atoms with E-state index < -0.39 is 0 Å². The molecule has 0 spiro atoms. The van der Waals surface area contributed by atoms with Gasteiger partial charge in [0.05, 0.1) is 11.7 Å². The van der Waals surface area contributed by atoms with Gasteiger partial charge in [0, 0.05) is 0 Å². The topological polar surface area (TPSA) is 39.8 Å². The fraction of sp³-hybridized carbons (Fsp3) is 0.467. The van der Waals surface area contributed by atoms with E-state index in [1.165, 1.54) is 10.2 Å². The second kappa shape index (κ2) is 5.43. The normalized spacial score (nSPS) is 12.9. The molecule has 4 nitrogen and oxygen atoms in total. The van der Waals surface area contributed by atoms with Gasteiger partial charge >= 0.3 is 5.69 Å². The molecule has 0 fully saturated rings. The van der Waals surface area contributed by atoms with Gasteiger partial charge in [0.1, 0.15) is 6.33 Å². The van der Waals surface area contributed by atoms with Crippen molar-refractivity contribution in [2.45, 2.75) is 46.1 Å². The van der Waals surface area contributed by atoms with E-state index in [0.29, 0.717) is 5.92 Å². The molecule has 0 aliphatic carbocycles. The minimum Gasteiger partial charge on any atom is -0.250 e. The van der Waals surface area contributed by atoms with E-state index in [-0.39, 0.29) is 11.7 Å². The molecule has 0 saturated heterocycles. The van der Waals surface area contributed by atoms with E-state index in [9.17, 15) is 4.79 Å². The third-order valence-corrected chi connectivity index (χ3v) is 3.54. The smallest absolute Gasteiger partial charge is 0.250 e. The molecule has 2 aromatic rings. The largest absolute Gasteiger partial charge is 0.350 e. The zero-order valence-corrected chi connectivity index (χ0v) is 12.0. The quantitative estimate of drug-likeness (QED) is 0.846. The lowest BCUT2D eigenvalue weighted by Crippen LogP contribution is -2.26. The fourth-order valence-electron chi connectivity index (χ4n) is 1.99. The highest BCUT2D eigenvalue weighted by Gasteiger charge is 2.11. The summed E-state index contributed by atoms with van der Waals surface area (Å²) in [4.78, 5) is 12.3. The molecule has 2 rings (SSSR count). The first-order valence-corrected chi connectivity index (χ1v) is 6.81. The Kier molecular flexibility index (Phi) is 3.88. The lowest BCUT2D eigenvalue weighted by atomic mass is 10.0. The molecular formula is C15H21N3O. The first-order chi connectivity index (χ1) is 9.04. The molecule has 1 aromatic carbocycles. The summed E-state index contributed by atoms with van der Waals surface area (Å²) in [5.41, 5.74) is 2.06. The monoisotopic (exact) mass is 259 g/mol. The van der Waals surface area contributed by atoms with Crippen LogP contribution in [0, 0.1) is 0 Å². The summed E-state index contributed by atoms with van der Waals surface area (Å²) in [7, 11) is 0. The zero-order chi connectivity index (χ0) is 14.0. The van der Waals surface area contributed by atoms with Crippen molar-refractivity contribution in [2.75, 3.05) is 0 Å². The van der Waals surface area contributed by atoms with E-state index in [1.54, 1.807) is 10.9 Å². The van der Waals surface area contributed by atoms with Crippen LogP contribution >= 0.6 is 0 Å². The molecule has 0 radical (unpaired) electrons. The van der Waals surface area contributed by atoms with Gasteiger partial charge in [0.25, 0.3) is 0 Å². The third-order valence-electron chi connectivity index (χ3n) is 3.54. The zero-order valence-electron chi connectivity index (χ0n) is 12.0. The van der Waals surface area contributed by atoms with Crippen LogP contribution in [0.1, 0.15) is 51.6 Å². The molecule has 0 N–H and O–H groups in total. The number of benzene rings is 1. The predicted octanol–water partition coefficient (Wildman–Crippen LogP) is 3.13. The van der Waals surface area contributed by atoms with Crippen LogP contribution in [0.2, 0.25) is 0 Å². The maximum absolute atomic E-state index is 12.3. The Balaban J connectivity index is 2.37. The number of hydrogen-bond acceptors (Lipinski definition) is 2. The van der Waals surface area contributed by atoms with Gasteiger partial charge in [-0.25, -0.2) is 14.0 Å². The Bertz CT molecular complexity index is 593. The molecular weight excluding hydrogens is 238 g/mol. The summed E-state index contributed by atoms with van der Waals surface area (Å²) in [6.45, 7) is 8.36. The van der Waals surface area contributed by atoms with Gasteiger partial charge in [-0.3, -0.25) is 0 Å². The number of rotatable bonds is 4. The van der Waals surface area contributed by atoms with Crippen molar-refractivity contribution < 1.29 is 0 Å². The standard InChI is InChI=1S/C15H21N3O/c1-5-12(4)18-15(19)17(10-16-18)14-8-6-13(7-9-14)11(2)3/h6-12H,5H2,1-4H3. The van der Waals surface area contributed by atoms with Crippen LogP contribution in [0.5, 0.6) is 0 Å². The van der Waals surface area contributed by atoms with Crippen molar-refractivity contribution in [3.05, 3.63) is 46.6 Å². The van der Waals surface area contributed by atoms with Crippen molar-refractivity contribution in [2.24, 2.45) is 0 Å². The summed E-state index contributed by atoms with van der Waals surface area (Å²) in [5, 5.41) is 4.19. The van der Waals surface area contributed by atoms with E-state index in [2.05, 4.69) is 31.1 Å². The molecule has 1 aromatic heterocycles. The Morgan fingerprint density at radius 2 is 1.79 bits per heavy atom. The van der Waals surface area contributed by atoms with Crippen molar-refractivity contribution in [1.82, 2.24) is 14.3 Å². The van der Waals surface area contributed by atoms with Crippen molar-refractivity contribution in [3.8, 4) is 5.69 Å². The van der Waals surface area contributed by atoms with Gasteiger partial charge in [-0.15, -0.1) is 0 Å². The van der Waals surface area contributed by atoms with Gasteiger partial charge in [-0.1, -0.05) is 32.9 Å². The second-order valence-corrected chi connectivity index (χ2v) is 5.23. The average molecular weight is 259 g/mol. The summed E-state index contributed by atoms with van der Waals surface area (Å²) < 4.78 is 3.13. The second-order valence-electron chi connectivity index (χ2n) is 5.23. The molecule has 4 heteroatoms. The maximum Gasteiger partial charge on any atom is 0.350 e. The molecule has 0 amide bonds. The molecule has 1 heterocycles. The first-order valence-electron chi connectivity index (χ1n) is 6.81. The van der Waals surface area contributed by atoms with Gasteiger partial charge in [0.2, 0.25) is 0 Å². The highest BCUT2D eigenvalue weighted by molar-refractivity contribution is 5.35. The van der Waals surface area contributed by atoms with E-state index in [4.69, 9.17) is 0 Å². The average Bonchev–Trinajstić information content (AvgIpc) is 2.80. The van der Waals surface area contributed by atoms with Gasteiger partial charge in [-0.2, -0.15) is 5.10 Å². The number of hydrogen-bond donors (Lipinski definition) is 0. The highest BCUT2D eigenvalue weighted by Crippen LogP contribution is 2.16. The summed E-state index contributed by atoms with van der Waals surface area (Å²) in [6, 6.07) is 8.20. The van der Waals surface area contributed by atoms with Crippen molar-refractivity contribution in [1.29, 1.82) is 0 Å². The number of aromatic nitrogens is 3. The molecule has 1 atom stereocenters. The Morgan fingerprint density at radius 1 is 1.16 bits per heavy atom. The maximum atomic E-state index is 12.3. The lowest BCUT2D eigenvalue weighted by Gasteiger charge is -2.08. The van der Waals surface area contributed by atoms with Crippen LogP contribution in [0.3, 0.4) is 0 Å². The molecule has 0 bridgehead atoms. The van der Waals surface area contributed by atoms with Crippen LogP contribution in [0.15, 0.2) is 35.4 Å². The van der Waals surface area contributed by atoms with E-state index >= 15 is 0 Å². The first kappa shape index (κ1) is 13.6. The van der Waals surface area contributed by atoms with Crippen LogP contribution in [0.4, 0.5) is 0 Å². The van der Waals surface area contributed by atoms with Crippen molar-refractivity contribution >= 4 is 0 Å². The van der Waals surface area contributed by atoms with Gasteiger partial charge in [-0.05, 0) is 37.0 Å². The van der Waals surface area contributed by atoms with Crippen LogP contribution in [-0.2, 0) is 0 Å². The molecule has 0 saturated carbocycles. The van der Waals surface area contributed by atoms with Crippen LogP contribution in [0.25, 0.3) is 5.69 Å².